The number of aromatic hydroxyl groups is 1. The van der Waals surface area contributed by atoms with E-state index in [0.717, 1.165) is 44.3 Å². The lowest BCUT2D eigenvalue weighted by Gasteiger charge is -2.10. The number of phenolic OH excluding ortho intramolecular Hbond substituents is 1. The van der Waals surface area contributed by atoms with Gasteiger partial charge in [0.05, 0.1) is 16.7 Å². The molecule has 0 saturated heterocycles. The van der Waals surface area contributed by atoms with Crippen LogP contribution in [-0.4, -0.2) is 19.6 Å². The average Bonchev–Trinajstić information content (AvgIpc) is 3.28. The van der Waals surface area contributed by atoms with E-state index < -0.39 is 0 Å². The van der Waals surface area contributed by atoms with Crippen LogP contribution < -0.4 is 4.74 Å². The first-order valence-corrected chi connectivity index (χ1v) is 12.1. The fraction of sp³-hybridized carbons (Fsp3) is 0. The lowest BCUT2D eigenvalue weighted by Crippen LogP contribution is -1.98. The first-order valence-electron chi connectivity index (χ1n) is 12.1. The molecule has 0 spiro atoms. The van der Waals surface area contributed by atoms with Gasteiger partial charge >= 0.3 is 0 Å². The van der Waals surface area contributed by atoms with Crippen molar-refractivity contribution in [1.82, 2.24) is 14.5 Å². The van der Waals surface area contributed by atoms with E-state index in [0.29, 0.717) is 17.1 Å². The number of phenols is 1. The highest BCUT2D eigenvalue weighted by Gasteiger charge is 2.15. The second kappa shape index (κ2) is 8.50. The maximum absolute atomic E-state index is 10.2. The van der Waals surface area contributed by atoms with Crippen LogP contribution in [0.2, 0.25) is 0 Å². The van der Waals surface area contributed by atoms with E-state index >= 15 is 0 Å². The van der Waals surface area contributed by atoms with Crippen molar-refractivity contribution >= 4 is 32.7 Å². The number of hydrogen-bond donors (Lipinski definition) is 1. The molecular formula is C32H21N3O2. The summed E-state index contributed by atoms with van der Waals surface area (Å²) in [5.74, 6) is 2.03. The second-order valence-corrected chi connectivity index (χ2v) is 8.88. The van der Waals surface area contributed by atoms with E-state index in [1.807, 2.05) is 72.8 Å². The molecule has 5 heteroatoms. The number of pyridine rings is 2. The summed E-state index contributed by atoms with van der Waals surface area (Å²) in [5, 5.41) is 13.3. The van der Waals surface area contributed by atoms with Gasteiger partial charge in [-0.25, -0.2) is 9.97 Å². The predicted octanol–water partition coefficient (Wildman–Crippen LogP) is 7.89. The van der Waals surface area contributed by atoms with Crippen molar-refractivity contribution in [2.75, 3.05) is 0 Å². The van der Waals surface area contributed by atoms with Gasteiger partial charge in [0, 0.05) is 33.9 Å². The van der Waals surface area contributed by atoms with Crippen LogP contribution in [0.5, 0.6) is 17.4 Å². The van der Waals surface area contributed by atoms with Crippen molar-refractivity contribution in [2.45, 2.75) is 0 Å². The van der Waals surface area contributed by atoms with Gasteiger partial charge in [0.1, 0.15) is 22.8 Å². The lowest BCUT2D eigenvalue weighted by molar-refractivity contribution is 0.460. The number of aromatic nitrogens is 3. The Morgan fingerprint density at radius 1 is 0.622 bits per heavy atom. The maximum atomic E-state index is 10.2. The highest BCUT2D eigenvalue weighted by Crippen LogP contribution is 2.35. The van der Waals surface area contributed by atoms with E-state index in [1.54, 1.807) is 12.1 Å². The monoisotopic (exact) mass is 479 g/mol. The first kappa shape index (κ1) is 21.1. The van der Waals surface area contributed by atoms with Crippen LogP contribution in [0.3, 0.4) is 0 Å². The lowest BCUT2D eigenvalue weighted by atomic mass is 10.1. The second-order valence-electron chi connectivity index (χ2n) is 8.88. The molecule has 0 aliphatic rings. The first-order chi connectivity index (χ1) is 18.2. The summed E-state index contributed by atoms with van der Waals surface area (Å²) in [7, 11) is 0. The van der Waals surface area contributed by atoms with Crippen LogP contribution in [0.4, 0.5) is 0 Å². The number of ether oxygens (including phenoxy) is 1. The molecule has 0 amide bonds. The highest BCUT2D eigenvalue weighted by molar-refractivity contribution is 6.09. The standard InChI is InChI=1S/C32H21N3O2/c36-29-14-6-10-22-16-19-31(34-32(22)29)37-23-17-18-25-24-11-4-5-13-27(24)35(28(25)20-23)30-15-7-12-26(33-30)21-8-2-1-3-9-21/h1-20,36H. The molecule has 0 aliphatic carbocycles. The van der Waals surface area contributed by atoms with E-state index in [2.05, 4.69) is 45.9 Å². The number of nitrogens with zero attached hydrogens (tertiary/aromatic N) is 3. The van der Waals surface area contributed by atoms with Gasteiger partial charge in [-0.15, -0.1) is 0 Å². The van der Waals surface area contributed by atoms with Crippen molar-refractivity contribution in [2.24, 2.45) is 0 Å². The summed E-state index contributed by atoms with van der Waals surface area (Å²) >= 11 is 0. The Kier molecular flexibility index (Phi) is 4.86. The molecule has 5 nitrogen and oxygen atoms in total. The Labute approximate surface area is 212 Å². The van der Waals surface area contributed by atoms with E-state index in [9.17, 15) is 5.11 Å². The predicted molar refractivity (Wildman–Crippen MR) is 147 cm³/mol. The molecule has 4 aromatic carbocycles. The molecular weight excluding hydrogens is 458 g/mol. The Balaban J connectivity index is 1.38. The van der Waals surface area contributed by atoms with Crippen LogP contribution in [0.25, 0.3) is 49.8 Å². The average molecular weight is 480 g/mol. The summed E-state index contributed by atoms with van der Waals surface area (Å²) < 4.78 is 8.34. The van der Waals surface area contributed by atoms with Gasteiger partial charge in [0.25, 0.3) is 0 Å². The molecule has 0 saturated carbocycles. The number of hydrogen-bond acceptors (Lipinski definition) is 4. The molecule has 37 heavy (non-hydrogen) atoms. The molecule has 0 unspecified atom stereocenters. The highest BCUT2D eigenvalue weighted by atomic mass is 16.5. The van der Waals surface area contributed by atoms with Crippen LogP contribution in [0.15, 0.2) is 121 Å². The fourth-order valence-corrected chi connectivity index (χ4v) is 4.87. The zero-order chi connectivity index (χ0) is 24.8. The van der Waals surface area contributed by atoms with Gasteiger partial charge in [-0.2, -0.15) is 0 Å². The fourth-order valence-electron chi connectivity index (χ4n) is 4.87. The third kappa shape index (κ3) is 3.65. The third-order valence-corrected chi connectivity index (χ3v) is 6.57. The SMILES string of the molecule is Oc1cccc2ccc(Oc3ccc4c5ccccc5n(-c5cccc(-c6ccccc6)n5)c4c3)nc12. The Bertz CT molecular complexity index is 1930. The Morgan fingerprint density at radius 2 is 1.43 bits per heavy atom. The largest absolute Gasteiger partial charge is 0.506 e. The van der Waals surface area contributed by atoms with Crippen LogP contribution in [-0.2, 0) is 0 Å². The van der Waals surface area contributed by atoms with E-state index in [4.69, 9.17) is 9.72 Å². The quantitative estimate of drug-likeness (QED) is 0.279. The zero-order valence-corrected chi connectivity index (χ0v) is 19.7. The maximum Gasteiger partial charge on any atom is 0.219 e. The van der Waals surface area contributed by atoms with Gasteiger partial charge in [0.2, 0.25) is 5.88 Å². The minimum absolute atomic E-state index is 0.128. The number of benzene rings is 4. The molecule has 0 fully saturated rings. The molecule has 0 atom stereocenters. The summed E-state index contributed by atoms with van der Waals surface area (Å²) in [4.78, 5) is 9.55. The van der Waals surface area contributed by atoms with Crippen molar-refractivity contribution in [3.8, 4) is 34.5 Å². The van der Waals surface area contributed by atoms with E-state index in [1.165, 1.54) is 0 Å². The minimum Gasteiger partial charge on any atom is -0.506 e. The van der Waals surface area contributed by atoms with E-state index in [-0.39, 0.29) is 5.75 Å². The zero-order valence-electron chi connectivity index (χ0n) is 19.7. The number of para-hydroxylation sites is 2. The van der Waals surface area contributed by atoms with Crippen molar-refractivity contribution in [1.29, 1.82) is 0 Å². The molecule has 0 aliphatic heterocycles. The number of rotatable bonds is 4. The number of fused-ring (bicyclic) bond motifs is 4. The normalized spacial score (nSPS) is 11.4. The molecule has 1 N–H and O–H groups in total. The molecule has 3 heterocycles. The molecule has 7 rings (SSSR count). The summed E-state index contributed by atoms with van der Waals surface area (Å²) in [6.45, 7) is 0. The minimum atomic E-state index is 0.128. The van der Waals surface area contributed by atoms with Crippen molar-refractivity contribution < 1.29 is 9.84 Å². The molecule has 7 aromatic rings. The topological polar surface area (TPSA) is 60.2 Å². The molecule has 0 bridgehead atoms. The van der Waals surface area contributed by atoms with Crippen LogP contribution in [0, 0.1) is 0 Å². The van der Waals surface area contributed by atoms with Gasteiger partial charge < -0.3 is 9.84 Å². The van der Waals surface area contributed by atoms with Gasteiger partial charge in [-0.3, -0.25) is 4.57 Å². The third-order valence-electron chi connectivity index (χ3n) is 6.57. The smallest absolute Gasteiger partial charge is 0.219 e. The van der Waals surface area contributed by atoms with Crippen molar-refractivity contribution in [3.63, 3.8) is 0 Å². The molecule has 0 radical (unpaired) electrons. The van der Waals surface area contributed by atoms with Gasteiger partial charge in [-0.1, -0.05) is 66.7 Å². The Hall–Kier alpha value is -5.16. The summed E-state index contributed by atoms with van der Waals surface area (Å²) in [5.41, 5.74) is 4.55. The molecule has 176 valence electrons. The van der Waals surface area contributed by atoms with Gasteiger partial charge in [0.15, 0.2) is 0 Å². The Morgan fingerprint density at radius 3 is 2.35 bits per heavy atom. The summed E-state index contributed by atoms with van der Waals surface area (Å²) in [6.07, 6.45) is 0. The van der Waals surface area contributed by atoms with Gasteiger partial charge in [-0.05, 0) is 42.5 Å². The molecule has 3 aromatic heterocycles. The summed E-state index contributed by atoms with van der Waals surface area (Å²) in [6, 6.07) is 39.7. The van der Waals surface area contributed by atoms with Crippen LogP contribution in [0.1, 0.15) is 0 Å². The van der Waals surface area contributed by atoms with Crippen molar-refractivity contribution in [3.05, 3.63) is 121 Å². The van der Waals surface area contributed by atoms with Crippen LogP contribution >= 0.6 is 0 Å².